The van der Waals surface area contributed by atoms with Gasteiger partial charge in [0.1, 0.15) is 0 Å². The molecular weight excluding hydrogens is 288 g/mol. The molecule has 0 aliphatic rings. The summed E-state index contributed by atoms with van der Waals surface area (Å²) in [6, 6.07) is 0.372. The van der Waals surface area contributed by atoms with Crippen molar-refractivity contribution in [1.29, 1.82) is 0 Å². The highest BCUT2D eigenvalue weighted by Crippen LogP contribution is 2.06. The number of guanidine groups is 1. The molecule has 3 N–H and O–H groups in total. The molecular formula is C14H32N4O2S. The van der Waals surface area contributed by atoms with Crippen molar-refractivity contribution in [2.45, 2.75) is 53.0 Å². The average Bonchev–Trinajstić information content (AvgIpc) is 2.43. The van der Waals surface area contributed by atoms with Crippen LogP contribution in [0.25, 0.3) is 0 Å². The van der Waals surface area contributed by atoms with E-state index in [0.717, 1.165) is 18.8 Å². The third-order valence-electron chi connectivity index (χ3n) is 3.13. The van der Waals surface area contributed by atoms with Crippen LogP contribution in [0.4, 0.5) is 0 Å². The first-order chi connectivity index (χ1) is 9.80. The summed E-state index contributed by atoms with van der Waals surface area (Å²) in [5, 5.41) is 6.54. The van der Waals surface area contributed by atoms with Crippen LogP contribution in [0.5, 0.6) is 0 Å². The summed E-state index contributed by atoms with van der Waals surface area (Å²) in [5.74, 6) is 1.59. The highest BCUT2D eigenvalue weighted by Gasteiger charge is 2.07. The van der Waals surface area contributed by atoms with Crippen molar-refractivity contribution >= 4 is 16.0 Å². The van der Waals surface area contributed by atoms with Gasteiger partial charge in [0, 0.05) is 26.2 Å². The molecule has 0 radical (unpaired) electrons. The van der Waals surface area contributed by atoms with Crippen LogP contribution in [0.2, 0.25) is 0 Å². The molecule has 1 atom stereocenters. The van der Waals surface area contributed by atoms with E-state index in [1.807, 2.05) is 0 Å². The van der Waals surface area contributed by atoms with Gasteiger partial charge in [-0.2, -0.15) is 0 Å². The smallest absolute Gasteiger partial charge is 0.211 e. The summed E-state index contributed by atoms with van der Waals surface area (Å²) in [7, 11) is -1.34. The summed E-state index contributed by atoms with van der Waals surface area (Å²) < 4.78 is 25.1. The van der Waals surface area contributed by atoms with E-state index in [1.165, 1.54) is 6.42 Å². The predicted octanol–water partition coefficient (Wildman–Crippen LogP) is 1.31. The van der Waals surface area contributed by atoms with Gasteiger partial charge < -0.3 is 10.6 Å². The fourth-order valence-corrected chi connectivity index (χ4v) is 2.37. The van der Waals surface area contributed by atoms with Crippen LogP contribution >= 0.6 is 0 Å². The monoisotopic (exact) mass is 320 g/mol. The van der Waals surface area contributed by atoms with E-state index in [2.05, 4.69) is 41.1 Å². The van der Waals surface area contributed by atoms with Gasteiger partial charge in [0.15, 0.2) is 5.96 Å². The number of nitrogens with one attached hydrogen (secondary N) is 3. The zero-order chi connectivity index (χ0) is 16.3. The van der Waals surface area contributed by atoms with E-state index < -0.39 is 10.0 Å². The Morgan fingerprint density at radius 3 is 2.33 bits per heavy atom. The highest BCUT2D eigenvalue weighted by atomic mass is 32.2. The van der Waals surface area contributed by atoms with Crippen LogP contribution in [-0.2, 0) is 10.0 Å². The summed E-state index contributed by atoms with van der Waals surface area (Å²) in [6.07, 6.45) is 3.01. The molecule has 0 rings (SSSR count). The topological polar surface area (TPSA) is 82.6 Å². The number of hydrogen-bond acceptors (Lipinski definition) is 3. The molecule has 0 aromatic carbocycles. The fraction of sp³-hybridized carbons (Fsp3) is 0.929. The quantitative estimate of drug-likeness (QED) is 0.322. The molecule has 0 saturated carbocycles. The van der Waals surface area contributed by atoms with Crippen molar-refractivity contribution in [3.05, 3.63) is 0 Å². The minimum absolute atomic E-state index is 0.122. The van der Waals surface area contributed by atoms with Crippen LogP contribution in [-0.4, -0.2) is 46.3 Å². The Morgan fingerprint density at radius 1 is 1.14 bits per heavy atom. The predicted molar refractivity (Wildman–Crippen MR) is 90.1 cm³/mol. The minimum atomic E-state index is -3.08. The molecule has 0 fully saturated rings. The van der Waals surface area contributed by atoms with Crippen molar-refractivity contribution in [1.82, 2.24) is 15.4 Å². The molecule has 21 heavy (non-hydrogen) atoms. The van der Waals surface area contributed by atoms with E-state index in [4.69, 9.17) is 0 Å². The second-order valence-corrected chi connectivity index (χ2v) is 7.76. The normalized spacial score (nSPS) is 14.3. The van der Waals surface area contributed by atoms with Gasteiger partial charge in [-0.05, 0) is 39.0 Å². The van der Waals surface area contributed by atoms with E-state index in [-0.39, 0.29) is 5.75 Å². The van der Waals surface area contributed by atoms with E-state index in [0.29, 0.717) is 25.0 Å². The van der Waals surface area contributed by atoms with Gasteiger partial charge in [-0.3, -0.25) is 4.99 Å². The molecule has 126 valence electrons. The average molecular weight is 321 g/mol. The number of nitrogens with zero attached hydrogens (tertiary/aromatic N) is 1. The lowest BCUT2D eigenvalue weighted by molar-refractivity contribution is 0.489. The van der Waals surface area contributed by atoms with Gasteiger partial charge in [-0.15, -0.1) is 0 Å². The van der Waals surface area contributed by atoms with Crippen molar-refractivity contribution in [2.24, 2.45) is 10.9 Å². The Hall–Kier alpha value is -0.820. The molecule has 1 unspecified atom stereocenters. The molecule has 0 saturated heterocycles. The van der Waals surface area contributed by atoms with Gasteiger partial charge in [0.2, 0.25) is 10.0 Å². The van der Waals surface area contributed by atoms with Crippen LogP contribution in [0.15, 0.2) is 4.99 Å². The van der Waals surface area contributed by atoms with Crippen LogP contribution < -0.4 is 15.4 Å². The largest absolute Gasteiger partial charge is 0.356 e. The summed E-state index contributed by atoms with van der Waals surface area (Å²) in [5.41, 5.74) is 0. The fourth-order valence-electron chi connectivity index (χ4n) is 1.71. The molecule has 0 bridgehead atoms. The van der Waals surface area contributed by atoms with Crippen molar-refractivity contribution < 1.29 is 8.42 Å². The molecule has 6 nitrogen and oxygen atoms in total. The summed E-state index contributed by atoms with van der Waals surface area (Å²) >= 11 is 0. The maximum atomic E-state index is 11.3. The van der Waals surface area contributed by atoms with E-state index >= 15 is 0 Å². The van der Waals surface area contributed by atoms with Gasteiger partial charge >= 0.3 is 0 Å². The molecule has 0 spiro atoms. The van der Waals surface area contributed by atoms with Crippen LogP contribution in [0, 0.1) is 5.92 Å². The van der Waals surface area contributed by atoms with Gasteiger partial charge in [-0.25, -0.2) is 13.1 Å². The number of rotatable bonds is 10. The van der Waals surface area contributed by atoms with Crippen molar-refractivity contribution in [3.8, 4) is 0 Å². The number of aliphatic imine (C=N–C) groups is 1. The number of hydrogen-bond donors (Lipinski definition) is 3. The molecule has 0 aliphatic heterocycles. The molecule has 0 aliphatic carbocycles. The third kappa shape index (κ3) is 11.5. The van der Waals surface area contributed by atoms with Crippen LogP contribution in [0.1, 0.15) is 47.0 Å². The first-order valence-electron chi connectivity index (χ1n) is 7.75. The summed E-state index contributed by atoms with van der Waals surface area (Å²) in [4.78, 5) is 4.17. The molecule has 0 heterocycles. The first-order valence-corrected chi connectivity index (χ1v) is 9.40. The SMILES string of the molecule is CCS(=O)(=O)NCCCNC(=NC)NC(C)CCC(C)C. The first kappa shape index (κ1) is 20.2. The van der Waals surface area contributed by atoms with E-state index in [1.54, 1.807) is 14.0 Å². The van der Waals surface area contributed by atoms with Crippen LogP contribution in [0.3, 0.4) is 0 Å². The third-order valence-corrected chi connectivity index (χ3v) is 4.54. The summed E-state index contributed by atoms with van der Waals surface area (Å²) in [6.45, 7) is 9.34. The number of sulfonamides is 1. The van der Waals surface area contributed by atoms with Crippen molar-refractivity contribution in [3.63, 3.8) is 0 Å². The minimum Gasteiger partial charge on any atom is -0.356 e. The maximum absolute atomic E-state index is 11.3. The lowest BCUT2D eigenvalue weighted by Crippen LogP contribution is -2.43. The van der Waals surface area contributed by atoms with Crippen molar-refractivity contribution in [2.75, 3.05) is 25.9 Å². The van der Waals surface area contributed by atoms with Gasteiger partial charge in [-0.1, -0.05) is 13.8 Å². The van der Waals surface area contributed by atoms with Gasteiger partial charge in [0.25, 0.3) is 0 Å². The Kier molecular flexibility index (Phi) is 10.4. The zero-order valence-corrected chi connectivity index (χ0v) is 14.9. The van der Waals surface area contributed by atoms with E-state index in [9.17, 15) is 8.42 Å². The second kappa shape index (κ2) is 10.8. The Labute approximate surface area is 130 Å². The van der Waals surface area contributed by atoms with Gasteiger partial charge in [0.05, 0.1) is 5.75 Å². The Balaban J connectivity index is 3.86. The lowest BCUT2D eigenvalue weighted by atomic mass is 10.0. The lowest BCUT2D eigenvalue weighted by Gasteiger charge is -2.18. The Morgan fingerprint density at radius 2 is 1.81 bits per heavy atom. The Bertz CT molecular complexity index is 394. The molecule has 0 amide bonds. The molecule has 7 heteroatoms. The second-order valence-electron chi connectivity index (χ2n) is 5.67. The highest BCUT2D eigenvalue weighted by molar-refractivity contribution is 7.89. The molecule has 0 aromatic heterocycles. The standard InChI is InChI=1S/C14H32N4O2S/c1-6-21(19,20)17-11-7-10-16-14(15-5)18-13(4)9-8-12(2)3/h12-13,17H,6-11H2,1-5H3,(H2,15,16,18). The maximum Gasteiger partial charge on any atom is 0.211 e. The molecule has 0 aromatic rings. The zero-order valence-electron chi connectivity index (χ0n) is 14.1.